The Morgan fingerprint density at radius 3 is 2.62 bits per heavy atom. The second-order valence-corrected chi connectivity index (χ2v) is 17.7. The highest BCUT2D eigenvalue weighted by Gasteiger charge is 2.49. The van der Waals surface area contributed by atoms with Crippen molar-refractivity contribution in [3.05, 3.63) is 58.1 Å². The Morgan fingerprint density at radius 1 is 1.04 bits per heavy atom. The van der Waals surface area contributed by atoms with E-state index in [1.165, 1.54) is 11.1 Å². The third kappa shape index (κ3) is 6.60. The molecule has 1 saturated carbocycles. The fourth-order valence-electron chi connectivity index (χ4n) is 9.11. The molecule has 2 aliphatic carbocycles. The highest BCUT2D eigenvalue weighted by Crippen LogP contribution is 2.49. The predicted octanol–water partition coefficient (Wildman–Crippen LogP) is 5.17. The highest BCUT2D eigenvalue weighted by atomic mass is 35.5. The Morgan fingerprint density at radius 2 is 1.85 bits per heavy atom. The quantitative estimate of drug-likeness (QED) is 0.442. The summed E-state index contributed by atoms with van der Waals surface area (Å²) in [6.45, 7) is 9.04. The van der Waals surface area contributed by atoms with Crippen LogP contribution in [0, 0.1) is 17.8 Å². The molecule has 9 nitrogen and oxygen atoms in total. The van der Waals surface area contributed by atoms with Crippen LogP contribution in [-0.4, -0.2) is 87.7 Å². The molecule has 1 amide bonds. The molecule has 0 aromatic heterocycles. The van der Waals surface area contributed by atoms with Gasteiger partial charge < -0.3 is 19.5 Å². The molecule has 48 heavy (non-hydrogen) atoms. The first kappa shape index (κ1) is 34.1. The minimum Gasteiger partial charge on any atom is -0.490 e. The van der Waals surface area contributed by atoms with Crippen molar-refractivity contribution in [3.8, 4) is 5.75 Å². The number of ether oxygens (including phenoxy) is 2. The average Bonchev–Trinajstić information content (AvgIpc) is 3.19. The summed E-state index contributed by atoms with van der Waals surface area (Å²) in [5, 5.41) is 12.6. The first-order valence-electron chi connectivity index (χ1n) is 17.9. The second kappa shape index (κ2) is 13.4. The van der Waals surface area contributed by atoms with Crippen molar-refractivity contribution >= 4 is 33.2 Å². The molecule has 0 radical (unpaired) electrons. The number of carbonyl (C=O) groups excluding carboxylic acids is 1. The van der Waals surface area contributed by atoms with E-state index in [1.54, 1.807) is 19.1 Å². The van der Waals surface area contributed by atoms with Crippen LogP contribution < -0.4 is 14.4 Å². The number of hydrogen-bond donors (Lipinski definition) is 2. The molecule has 262 valence electrons. The van der Waals surface area contributed by atoms with Crippen molar-refractivity contribution in [2.24, 2.45) is 17.8 Å². The molecule has 3 heterocycles. The summed E-state index contributed by atoms with van der Waals surface area (Å²) in [5.74, 6) is 0.247. The van der Waals surface area contributed by atoms with Gasteiger partial charge in [-0.1, -0.05) is 31.0 Å². The number of morpholine rings is 1. The van der Waals surface area contributed by atoms with Gasteiger partial charge in [-0.15, -0.1) is 0 Å². The zero-order chi connectivity index (χ0) is 33.7. The van der Waals surface area contributed by atoms with E-state index in [-0.39, 0.29) is 23.2 Å². The van der Waals surface area contributed by atoms with Crippen LogP contribution >= 0.6 is 11.6 Å². The third-order valence-electron chi connectivity index (χ3n) is 12.3. The van der Waals surface area contributed by atoms with Crippen molar-refractivity contribution in [2.75, 3.05) is 57.4 Å². The number of anilines is 1. The van der Waals surface area contributed by atoms with Crippen LogP contribution in [0.15, 0.2) is 36.4 Å². The Balaban J connectivity index is 1.29. The van der Waals surface area contributed by atoms with Gasteiger partial charge in [0.2, 0.25) is 10.0 Å². The lowest BCUT2D eigenvalue weighted by molar-refractivity contribution is -0.115. The van der Waals surface area contributed by atoms with Crippen molar-refractivity contribution in [2.45, 2.75) is 81.5 Å². The Labute approximate surface area is 290 Å². The maximum absolute atomic E-state index is 13.5. The minimum absolute atomic E-state index is 0.109. The molecule has 11 heteroatoms. The molecule has 2 aromatic carbocycles. The topological polar surface area (TPSA) is 108 Å². The maximum Gasteiger partial charge on any atom is 0.264 e. The number of aliphatic hydroxyl groups is 1. The molecule has 0 unspecified atom stereocenters. The summed E-state index contributed by atoms with van der Waals surface area (Å²) in [6.07, 6.45) is 6.90. The van der Waals surface area contributed by atoms with Crippen LogP contribution in [0.1, 0.15) is 80.3 Å². The fourth-order valence-corrected chi connectivity index (χ4v) is 10.6. The number of nitrogens with zero attached hydrogens (tertiary/aromatic N) is 2. The first-order chi connectivity index (χ1) is 23.0. The van der Waals surface area contributed by atoms with Crippen LogP contribution in [0.3, 0.4) is 0 Å². The zero-order valence-corrected chi connectivity index (χ0v) is 29.8. The number of rotatable bonds is 2. The van der Waals surface area contributed by atoms with Crippen LogP contribution in [0.2, 0.25) is 5.02 Å². The number of amides is 1. The van der Waals surface area contributed by atoms with E-state index in [9.17, 15) is 18.3 Å². The zero-order valence-electron chi connectivity index (χ0n) is 28.3. The van der Waals surface area contributed by atoms with Crippen molar-refractivity contribution in [3.63, 3.8) is 0 Å². The van der Waals surface area contributed by atoms with E-state index in [0.717, 1.165) is 55.9 Å². The van der Waals surface area contributed by atoms with Gasteiger partial charge in [0.15, 0.2) is 0 Å². The van der Waals surface area contributed by atoms with Gasteiger partial charge in [0.1, 0.15) is 5.75 Å². The smallest absolute Gasteiger partial charge is 0.264 e. The number of aryl methyl sites for hydroxylation is 1. The van der Waals surface area contributed by atoms with Gasteiger partial charge in [-0.2, -0.15) is 0 Å². The molecule has 7 rings (SSSR count). The summed E-state index contributed by atoms with van der Waals surface area (Å²) in [6, 6.07) is 11.5. The van der Waals surface area contributed by atoms with Gasteiger partial charge in [0.25, 0.3) is 5.91 Å². The van der Waals surface area contributed by atoms with Crippen LogP contribution in [0.5, 0.6) is 5.75 Å². The molecule has 1 saturated heterocycles. The molecule has 2 N–H and O–H groups in total. The average molecular weight is 700 g/mol. The number of benzene rings is 2. The normalized spacial score (nSPS) is 34.2. The number of hydrogen-bond acceptors (Lipinski definition) is 8. The van der Waals surface area contributed by atoms with Crippen LogP contribution in [0.4, 0.5) is 5.69 Å². The van der Waals surface area contributed by atoms with Crippen molar-refractivity contribution in [1.82, 2.24) is 9.62 Å². The van der Waals surface area contributed by atoms with Gasteiger partial charge in [-0.25, -0.2) is 13.1 Å². The number of halogens is 1. The van der Waals surface area contributed by atoms with E-state index in [4.69, 9.17) is 21.1 Å². The van der Waals surface area contributed by atoms with E-state index in [2.05, 4.69) is 26.7 Å². The molecule has 5 aliphatic rings. The van der Waals surface area contributed by atoms with Gasteiger partial charge in [0.05, 0.1) is 36.4 Å². The molecule has 2 aromatic rings. The number of sulfonamides is 1. The summed E-state index contributed by atoms with van der Waals surface area (Å²) >= 11 is 6.46. The summed E-state index contributed by atoms with van der Waals surface area (Å²) in [7, 11) is -3.94. The van der Waals surface area contributed by atoms with E-state index in [1.807, 2.05) is 19.1 Å². The SMILES string of the molecule is C[C@@H]1[C@@H](C)CCC[C@](O)(CN2CCOCC2)[C@@H]2CC[C@H]2CN2C[C@@]3(CCCc4cc(Cl)ccc43)COc3ccc(cc32)C(=O)NS1(=O)=O. The van der Waals surface area contributed by atoms with E-state index in [0.29, 0.717) is 70.0 Å². The Hall–Kier alpha value is -2.37. The number of carbonyl (C=O) groups is 1. The number of nitrogens with one attached hydrogen (secondary N) is 1. The summed E-state index contributed by atoms with van der Waals surface area (Å²) in [4.78, 5) is 18.2. The van der Waals surface area contributed by atoms with Crippen molar-refractivity contribution in [1.29, 1.82) is 0 Å². The fraction of sp³-hybridized carbons (Fsp3) is 0.649. The number of fused-ring (bicyclic) bond motifs is 4. The predicted molar refractivity (Wildman–Crippen MR) is 188 cm³/mol. The molecule has 3 aliphatic heterocycles. The third-order valence-corrected chi connectivity index (χ3v) is 14.4. The molecule has 6 atom stereocenters. The van der Waals surface area contributed by atoms with E-state index < -0.39 is 26.8 Å². The molecule has 2 bridgehead atoms. The van der Waals surface area contributed by atoms with Gasteiger partial charge >= 0.3 is 0 Å². The van der Waals surface area contributed by atoms with E-state index >= 15 is 0 Å². The van der Waals surface area contributed by atoms with Crippen molar-refractivity contribution < 1.29 is 27.8 Å². The highest BCUT2D eigenvalue weighted by molar-refractivity contribution is 7.90. The summed E-state index contributed by atoms with van der Waals surface area (Å²) < 4.78 is 41.5. The lowest BCUT2D eigenvalue weighted by Gasteiger charge is -2.51. The van der Waals surface area contributed by atoms with Crippen LogP contribution in [-0.2, 0) is 26.6 Å². The van der Waals surface area contributed by atoms with Gasteiger partial charge in [0, 0.05) is 48.7 Å². The van der Waals surface area contributed by atoms with Gasteiger partial charge in [-0.05, 0) is 111 Å². The Bertz CT molecular complexity index is 1630. The second-order valence-electron chi connectivity index (χ2n) is 15.3. The standard InChI is InChI=1S/C37H50ClN3O6S/c1-25-5-3-14-37(43,23-40-15-17-46-18-16-40)32-10-7-29(32)21-41-22-36(13-4-6-27-19-30(38)9-11-31(27)36)24-47-34-12-8-28(20-33(34)41)35(42)39-48(44,45)26(25)2/h8-9,11-12,19-20,25-26,29,32,43H,3-7,10,13-18,21-24H2,1-2H3,(H,39,42)/t25-,26+,29-,32+,36-,37-/m0/s1. The van der Waals surface area contributed by atoms with Gasteiger partial charge in [-0.3, -0.25) is 9.69 Å². The molecule has 1 spiro atoms. The van der Waals surface area contributed by atoms with Crippen LogP contribution in [0.25, 0.3) is 0 Å². The first-order valence-corrected chi connectivity index (χ1v) is 19.8. The number of β-amino-alcohol motifs (C(OH)–C–C–N with tert-alkyl or cyclic N) is 1. The molecular formula is C37H50ClN3O6S. The largest absolute Gasteiger partial charge is 0.490 e. The maximum atomic E-state index is 13.5. The Kier molecular flexibility index (Phi) is 9.52. The molecular weight excluding hydrogens is 650 g/mol. The summed E-state index contributed by atoms with van der Waals surface area (Å²) in [5.41, 5.74) is 2.44. The molecule has 2 fully saturated rings. The monoisotopic (exact) mass is 699 g/mol. The lowest BCUT2D eigenvalue weighted by Crippen LogP contribution is -2.58. The lowest BCUT2D eigenvalue weighted by atomic mass is 9.62. The minimum atomic E-state index is -3.94.